The largest absolute Gasteiger partial charge is 0.290 e. The maximum absolute atomic E-state index is 9.03. The minimum absolute atomic E-state index is 0.190. The molecular weight excluding hydrogens is 240 g/mol. The van der Waals surface area contributed by atoms with Crippen molar-refractivity contribution in [2.45, 2.75) is 13.0 Å². The molecule has 0 amide bonds. The van der Waals surface area contributed by atoms with Gasteiger partial charge in [0.05, 0.1) is 6.07 Å². The summed E-state index contributed by atoms with van der Waals surface area (Å²) in [6.45, 7) is 2.03. The first-order valence-electron chi connectivity index (χ1n) is 4.38. The van der Waals surface area contributed by atoms with Crippen molar-refractivity contribution in [1.29, 1.82) is 5.26 Å². The van der Waals surface area contributed by atoms with Gasteiger partial charge in [0.25, 0.3) is 0 Å². The van der Waals surface area contributed by atoms with Crippen LogP contribution >= 0.6 is 15.9 Å². The number of nitrogens with zero attached hydrogens (tertiary/aromatic N) is 2. The summed E-state index contributed by atoms with van der Waals surface area (Å²) >= 11 is 3.48. The third kappa shape index (κ3) is 2.34. The van der Waals surface area contributed by atoms with Crippen LogP contribution in [0.1, 0.15) is 17.2 Å². The van der Waals surface area contributed by atoms with Gasteiger partial charge in [-0.05, 0) is 38.2 Å². The zero-order chi connectivity index (χ0) is 10.7. The molecule has 1 atom stereocenters. The van der Waals surface area contributed by atoms with Crippen LogP contribution in [-0.4, -0.2) is 19.0 Å². The van der Waals surface area contributed by atoms with E-state index in [9.17, 15) is 0 Å². The van der Waals surface area contributed by atoms with Crippen molar-refractivity contribution in [1.82, 2.24) is 4.90 Å². The topological polar surface area (TPSA) is 27.0 Å². The Balaban J connectivity index is 3.13. The van der Waals surface area contributed by atoms with Crippen molar-refractivity contribution in [3.8, 4) is 6.07 Å². The van der Waals surface area contributed by atoms with Gasteiger partial charge in [0, 0.05) is 4.47 Å². The molecule has 0 aliphatic rings. The van der Waals surface area contributed by atoms with Crippen LogP contribution in [0, 0.1) is 18.3 Å². The zero-order valence-electron chi connectivity index (χ0n) is 8.58. The van der Waals surface area contributed by atoms with Crippen molar-refractivity contribution in [2.24, 2.45) is 0 Å². The van der Waals surface area contributed by atoms with Gasteiger partial charge in [-0.25, -0.2) is 0 Å². The molecular formula is C11H13BrN2. The van der Waals surface area contributed by atoms with Gasteiger partial charge >= 0.3 is 0 Å². The van der Waals surface area contributed by atoms with E-state index in [-0.39, 0.29) is 6.04 Å². The molecule has 0 radical (unpaired) electrons. The molecule has 0 N–H and O–H groups in total. The molecule has 1 unspecified atom stereocenters. The highest BCUT2D eigenvalue weighted by molar-refractivity contribution is 9.10. The number of hydrogen-bond donors (Lipinski definition) is 0. The summed E-state index contributed by atoms with van der Waals surface area (Å²) in [7, 11) is 3.81. The third-order valence-corrected chi connectivity index (χ3v) is 2.78. The molecule has 1 aromatic carbocycles. The fourth-order valence-electron chi connectivity index (χ4n) is 1.32. The molecule has 0 saturated carbocycles. The van der Waals surface area contributed by atoms with Crippen LogP contribution in [0.5, 0.6) is 0 Å². The summed E-state index contributed by atoms with van der Waals surface area (Å²) in [5.74, 6) is 0. The minimum Gasteiger partial charge on any atom is -0.290 e. The van der Waals surface area contributed by atoms with Crippen LogP contribution in [-0.2, 0) is 0 Å². The summed E-state index contributed by atoms with van der Waals surface area (Å²) in [5.41, 5.74) is 2.21. The lowest BCUT2D eigenvalue weighted by Crippen LogP contribution is -2.18. The predicted molar refractivity (Wildman–Crippen MR) is 60.9 cm³/mol. The van der Waals surface area contributed by atoms with E-state index in [2.05, 4.69) is 22.0 Å². The molecule has 0 aliphatic heterocycles. The SMILES string of the molecule is Cc1ccc(C(C#N)N(C)C)c(Br)c1. The standard InChI is InChI=1S/C11H13BrN2/c1-8-4-5-9(10(12)6-8)11(7-13)14(2)3/h4-6,11H,1-3H3. The maximum Gasteiger partial charge on any atom is 0.124 e. The second-order valence-electron chi connectivity index (χ2n) is 3.52. The van der Waals surface area contributed by atoms with Crippen LogP contribution in [0.3, 0.4) is 0 Å². The van der Waals surface area contributed by atoms with Crippen LogP contribution in [0.25, 0.3) is 0 Å². The number of benzene rings is 1. The first kappa shape index (κ1) is 11.2. The Morgan fingerprint density at radius 2 is 2.07 bits per heavy atom. The van der Waals surface area contributed by atoms with Gasteiger partial charge in [0.1, 0.15) is 6.04 Å². The molecule has 0 fully saturated rings. The molecule has 0 spiro atoms. The third-order valence-electron chi connectivity index (χ3n) is 2.09. The molecule has 0 aliphatic carbocycles. The fraction of sp³-hybridized carbons (Fsp3) is 0.364. The van der Waals surface area contributed by atoms with Gasteiger partial charge in [-0.15, -0.1) is 0 Å². The zero-order valence-corrected chi connectivity index (χ0v) is 10.2. The first-order chi connectivity index (χ1) is 6.56. The number of hydrogen-bond acceptors (Lipinski definition) is 2. The fourth-order valence-corrected chi connectivity index (χ4v) is 2.03. The maximum atomic E-state index is 9.03. The second-order valence-corrected chi connectivity index (χ2v) is 4.37. The smallest absolute Gasteiger partial charge is 0.124 e. The van der Waals surface area contributed by atoms with E-state index in [1.807, 2.05) is 44.1 Å². The van der Waals surface area contributed by atoms with E-state index < -0.39 is 0 Å². The molecule has 74 valence electrons. The molecule has 1 aromatic rings. The minimum atomic E-state index is -0.190. The molecule has 2 nitrogen and oxygen atoms in total. The summed E-state index contributed by atoms with van der Waals surface area (Å²) in [5, 5.41) is 9.03. The molecule has 3 heteroatoms. The Bertz CT molecular complexity index is 366. The number of nitriles is 1. The molecule has 1 rings (SSSR count). The number of aryl methyl sites for hydroxylation is 1. The quantitative estimate of drug-likeness (QED) is 0.810. The van der Waals surface area contributed by atoms with E-state index >= 15 is 0 Å². The Kier molecular flexibility index (Phi) is 3.68. The lowest BCUT2D eigenvalue weighted by atomic mass is 10.1. The number of rotatable bonds is 2. The van der Waals surface area contributed by atoms with E-state index in [1.165, 1.54) is 5.56 Å². The number of halogens is 1. The van der Waals surface area contributed by atoms with Crippen molar-refractivity contribution >= 4 is 15.9 Å². The Labute approximate surface area is 93.3 Å². The van der Waals surface area contributed by atoms with Crippen LogP contribution in [0.15, 0.2) is 22.7 Å². The molecule has 0 bridgehead atoms. The Hall–Kier alpha value is -0.850. The van der Waals surface area contributed by atoms with Gasteiger partial charge in [-0.2, -0.15) is 5.26 Å². The average molecular weight is 253 g/mol. The highest BCUT2D eigenvalue weighted by atomic mass is 79.9. The van der Waals surface area contributed by atoms with Gasteiger partial charge in [0.15, 0.2) is 0 Å². The van der Waals surface area contributed by atoms with Crippen molar-refractivity contribution in [2.75, 3.05) is 14.1 Å². The predicted octanol–water partition coefficient (Wildman–Crippen LogP) is 2.88. The summed E-state index contributed by atoms with van der Waals surface area (Å²) in [4.78, 5) is 1.90. The molecule has 14 heavy (non-hydrogen) atoms. The molecule has 0 saturated heterocycles. The van der Waals surface area contributed by atoms with Crippen molar-refractivity contribution < 1.29 is 0 Å². The van der Waals surface area contributed by atoms with Gasteiger partial charge < -0.3 is 0 Å². The lowest BCUT2D eigenvalue weighted by Gasteiger charge is -2.18. The lowest BCUT2D eigenvalue weighted by molar-refractivity contribution is 0.357. The second kappa shape index (κ2) is 4.59. The van der Waals surface area contributed by atoms with Crippen molar-refractivity contribution in [3.63, 3.8) is 0 Å². The molecule has 0 heterocycles. The monoisotopic (exact) mass is 252 g/mol. The Morgan fingerprint density at radius 1 is 1.43 bits per heavy atom. The highest BCUT2D eigenvalue weighted by Gasteiger charge is 2.15. The molecule has 0 aromatic heterocycles. The van der Waals surface area contributed by atoms with E-state index in [0.29, 0.717) is 0 Å². The van der Waals surface area contributed by atoms with Gasteiger partial charge in [-0.3, -0.25) is 4.90 Å². The normalized spacial score (nSPS) is 12.6. The van der Waals surface area contributed by atoms with Crippen LogP contribution in [0.2, 0.25) is 0 Å². The summed E-state index contributed by atoms with van der Waals surface area (Å²) in [6.07, 6.45) is 0. The van der Waals surface area contributed by atoms with Crippen molar-refractivity contribution in [3.05, 3.63) is 33.8 Å². The Morgan fingerprint density at radius 3 is 2.50 bits per heavy atom. The van der Waals surface area contributed by atoms with E-state index in [1.54, 1.807) is 0 Å². The summed E-state index contributed by atoms with van der Waals surface area (Å²) in [6, 6.07) is 8.13. The average Bonchev–Trinajstić information content (AvgIpc) is 2.09. The van der Waals surface area contributed by atoms with Gasteiger partial charge in [-0.1, -0.05) is 28.1 Å². The van der Waals surface area contributed by atoms with Crippen LogP contribution in [0.4, 0.5) is 0 Å². The van der Waals surface area contributed by atoms with Crippen LogP contribution < -0.4 is 0 Å². The summed E-state index contributed by atoms with van der Waals surface area (Å²) < 4.78 is 0.998. The first-order valence-corrected chi connectivity index (χ1v) is 5.17. The highest BCUT2D eigenvalue weighted by Crippen LogP contribution is 2.26. The van der Waals surface area contributed by atoms with E-state index in [0.717, 1.165) is 10.0 Å². The van der Waals surface area contributed by atoms with Gasteiger partial charge in [0.2, 0.25) is 0 Å². The van der Waals surface area contributed by atoms with E-state index in [4.69, 9.17) is 5.26 Å².